The van der Waals surface area contributed by atoms with Gasteiger partial charge in [-0.25, -0.2) is 23.1 Å². The summed E-state index contributed by atoms with van der Waals surface area (Å²) in [5.41, 5.74) is 0. The molecule has 0 aliphatic heterocycles. The normalized spacial score (nSPS) is 11.5. The first-order valence-corrected chi connectivity index (χ1v) is 9.79. The second kappa shape index (κ2) is 7.86. The van der Waals surface area contributed by atoms with Crippen molar-refractivity contribution in [3.05, 3.63) is 65.7 Å². The van der Waals surface area contributed by atoms with Gasteiger partial charge in [-0.1, -0.05) is 23.7 Å². The number of hydrogen-bond acceptors (Lipinski definition) is 5. The van der Waals surface area contributed by atoms with Gasteiger partial charge in [-0.05, 0) is 31.2 Å². The van der Waals surface area contributed by atoms with E-state index < -0.39 is 10.0 Å². The van der Waals surface area contributed by atoms with Crippen LogP contribution in [0.4, 0.5) is 5.82 Å². The van der Waals surface area contributed by atoms with Crippen molar-refractivity contribution >= 4 is 27.4 Å². The highest BCUT2D eigenvalue weighted by Crippen LogP contribution is 2.19. The molecule has 0 saturated heterocycles. The number of aromatic nitrogens is 3. The Morgan fingerprint density at radius 1 is 1.08 bits per heavy atom. The van der Waals surface area contributed by atoms with Crippen LogP contribution in [0.15, 0.2) is 59.8 Å². The fourth-order valence-electron chi connectivity index (χ4n) is 2.38. The maximum atomic E-state index is 12.3. The van der Waals surface area contributed by atoms with Gasteiger partial charge in [0.05, 0.1) is 5.02 Å². The summed E-state index contributed by atoms with van der Waals surface area (Å²) < 4.78 is 28.9. The number of aryl methyl sites for hydroxylation is 1. The van der Waals surface area contributed by atoms with E-state index in [0.29, 0.717) is 18.2 Å². The van der Waals surface area contributed by atoms with Crippen molar-refractivity contribution in [2.45, 2.75) is 11.8 Å². The molecular weight excluding hydrogens is 374 g/mol. The smallest absolute Gasteiger partial charge is 0.242 e. The lowest BCUT2D eigenvalue weighted by atomic mass is 10.4. The summed E-state index contributed by atoms with van der Waals surface area (Å²) in [7, 11) is -3.66. The Morgan fingerprint density at radius 3 is 2.54 bits per heavy atom. The molecule has 26 heavy (non-hydrogen) atoms. The zero-order valence-electron chi connectivity index (χ0n) is 14.1. The lowest BCUT2D eigenvalue weighted by molar-refractivity contribution is 0.583. The molecular formula is C17H18ClN5O2S. The molecule has 0 atom stereocenters. The molecule has 0 bridgehead atoms. The van der Waals surface area contributed by atoms with E-state index in [2.05, 4.69) is 20.0 Å². The number of rotatable bonds is 7. The number of nitrogens with zero attached hydrogens (tertiary/aromatic N) is 3. The number of sulfonamides is 1. The van der Waals surface area contributed by atoms with Crippen molar-refractivity contribution < 1.29 is 8.42 Å². The van der Waals surface area contributed by atoms with E-state index in [1.807, 2.05) is 29.1 Å². The van der Waals surface area contributed by atoms with Crippen LogP contribution in [0.2, 0.25) is 5.02 Å². The maximum absolute atomic E-state index is 12.3. The van der Waals surface area contributed by atoms with Crippen molar-refractivity contribution in [1.82, 2.24) is 19.3 Å². The third-order valence-electron chi connectivity index (χ3n) is 3.54. The molecule has 2 N–H and O–H groups in total. The van der Waals surface area contributed by atoms with Gasteiger partial charge in [0.1, 0.15) is 22.4 Å². The van der Waals surface area contributed by atoms with E-state index in [0.717, 1.165) is 5.82 Å². The van der Waals surface area contributed by atoms with E-state index in [-0.39, 0.29) is 16.5 Å². The third-order valence-corrected chi connectivity index (χ3v) is 5.50. The Bertz CT molecular complexity index is 990. The van der Waals surface area contributed by atoms with E-state index in [9.17, 15) is 8.42 Å². The van der Waals surface area contributed by atoms with Gasteiger partial charge in [-0.2, -0.15) is 0 Å². The summed E-state index contributed by atoms with van der Waals surface area (Å²) >= 11 is 5.95. The summed E-state index contributed by atoms with van der Waals surface area (Å²) in [6, 6.07) is 11.9. The van der Waals surface area contributed by atoms with Gasteiger partial charge in [0.15, 0.2) is 0 Å². The lowest BCUT2D eigenvalue weighted by Crippen LogP contribution is -2.29. The highest BCUT2D eigenvalue weighted by atomic mass is 35.5. The molecule has 1 aromatic carbocycles. The maximum Gasteiger partial charge on any atom is 0.242 e. The molecule has 2 aromatic heterocycles. The molecule has 0 radical (unpaired) electrons. The van der Waals surface area contributed by atoms with Gasteiger partial charge in [-0.15, -0.1) is 0 Å². The Hall–Kier alpha value is -2.42. The number of halogens is 1. The number of anilines is 1. The van der Waals surface area contributed by atoms with Crippen LogP contribution in [0.3, 0.4) is 0 Å². The molecule has 3 aromatic rings. The minimum absolute atomic E-state index is 0.0643. The molecule has 0 aliphatic rings. The summed E-state index contributed by atoms with van der Waals surface area (Å²) in [5.74, 6) is 1.98. The topological polar surface area (TPSA) is 88.9 Å². The molecule has 0 amide bonds. The summed E-state index contributed by atoms with van der Waals surface area (Å²) in [6.07, 6.45) is 3.78. The highest BCUT2D eigenvalue weighted by Gasteiger charge is 2.16. The van der Waals surface area contributed by atoms with Crippen molar-refractivity contribution in [3.8, 4) is 5.82 Å². The van der Waals surface area contributed by atoms with Crippen molar-refractivity contribution in [1.29, 1.82) is 0 Å². The van der Waals surface area contributed by atoms with Gasteiger partial charge < -0.3 is 9.88 Å². The second-order valence-electron chi connectivity index (χ2n) is 5.50. The van der Waals surface area contributed by atoms with Gasteiger partial charge in [-0.3, -0.25) is 0 Å². The van der Waals surface area contributed by atoms with E-state index in [1.165, 1.54) is 6.07 Å². The van der Waals surface area contributed by atoms with Crippen LogP contribution in [0, 0.1) is 6.92 Å². The van der Waals surface area contributed by atoms with Gasteiger partial charge in [0.2, 0.25) is 10.0 Å². The van der Waals surface area contributed by atoms with Crippen molar-refractivity contribution in [2.75, 3.05) is 18.4 Å². The zero-order chi connectivity index (χ0) is 18.6. The van der Waals surface area contributed by atoms with Gasteiger partial charge >= 0.3 is 0 Å². The van der Waals surface area contributed by atoms with Crippen LogP contribution in [0.25, 0.3) is 5.82 Å². The van der Waals surface area contributed by atoms with Crippen molar-refractivity contribution in [2.24, 2.45) is 0 Å². The predicted octanol–water partition coefficient (Wildman–Crippen LogP) is 2.62. The molecule has 136 valence electrons. The number of hydrogen-bond donors (Lipinski definition) is 2. The molecule has 0 saturated carbocycles. The number of nitrogens with one attached hydrogen (secondary N) is 2. The van der Waals surface area contributed by atoms with E-state index >= 15 is 0 Å². The number of benzene rings is 1. The van der Waals surface area contributed by atoms with Crippen LogP contribution in [0.5, 0.6) is 0 Å². The minimum Gasteiger partial charge on any atom is -0.369 e. The highest BCUT2D eigenvalue weighted by molar-refractivity contribution is 7.89. The Kier molecular flexibility index (Phi) is 5.55. The van der Waals surface area contributed by atoms with E-state index in [1.54, 1.807) is 31.2 Å². The molecule has 2 heterocycles. The average molecular weight is 392 g/mol. The molecule has 0 aliphatic carbocycles. The Labute approximate surface area is 157 Å². The van der Waals surface area contributed by atoms with Crippen molar-refractivity contribution in [3.63, 3.8) is 0 Å². The van der Waals surface area contributed by atoms with Crippen LogP contribution in [-0.2, 0) is 10.0 Å². The van der Waals surface area contributed by atoms with Crippen LogP contribution in [0.1, 0.15) is 5.82 Å². The third kappa shape index (κ3) is 4.40. The Balaban J connectivity index is 1.61. The van der Waals surface area contributed by atoms with Gasteiger partial charge in [0, 0.05) is 31.5 Å². The zero-order valence-corrected chi connectivity index (χ0v) is 15.6. The summed E-state index contributed by atoms with van der Waals surface area (Å²) in [6.45, 7) is 2.36. The molecule has 3 rings (SSSR count). The largest absolute Gasteiger partial charge is 0.369 e. The fraction of sp³-hybridized carbons (Fsp3) is 0.176. The minimum atomic E-state index is -3.66. The van der Waals surface area contributed by atoms with E-state index in [4.69, 9.17) is 11.6 Å². The molecule has 0 spiro atoms. The standard InChI is InChI=1S/C17H18ClN5O2S/c1-13-21-16(12-17(22-13)23-10-4-5-11-23)19-8-9-20-26(24,25)15-7-3-2-6-14(15)18/h2-7,10-12,20H,8-9H2,1H3,(H,19,21,22). The fourth-order valence-corrected chi connectivity index (χ4v) is 3.93. The molecule has 9 heteroatoms. The summed E-state index contributed by atoms with van der Waals surface area (Å²) in [4.78, 5) is 8.76. The summed E-state index contributed by atoms with van der Waals surface area (Å²) in [5, 5.41) is 3.29. The first-order valence-electron chi connectivity index (χ1n) is 7.93. The van der Waals surface area contributed by atoms with Crippen LogP contribution >= 0.6 is 11.6 Å². The second-order valence-corrected chi connectivity index (χ2v) is 7.65. The Morgan fingerprint density at radius 2 is 1.81 bits per heavy atom. The predicted molar refractivity (Wildman–Crippen MR) is 101 cm³/mol. The van der Waals surface area contributed by atoms with Gasteiger partial charge in [0.25, 0.3) is 0 Å². The first-order chi connectivity index (χ1) is 12.5. The monoisotopic (exact) mass is 391 g/mol. The quantitative estimate of drug-likeness (QED) is 0.604. The van der Waals surface area contributed by atoms with Crippen LogP contribution in [-0.4, -0.2) is 36.0 Å². The molecule has 0 unspecified atom stereocenters. The SMILES string of the molecule is Cc1nc(NCCNS(=O)(=O)c2ccccc2Cl)cc(-n2cccc2)n1. The molecule has 7 nitrogen and oxygen atoms in total. The lowest BCUT2D eigenvalue weighted by Gasteiger charge is -2.11. The van der Waals surface area contributed by atoms with Crippen LogP contribution < -0.4 is 10.0 Å². The molecule has 0 fully saturated rings. The average Bonchev–Trinajstić information content (AvgIpc) is 3.13. The first kappa shape index (κ1) is 18.4.